The molecular formula is C12H21NO2. The van der Waals surface area contributed by atoms with Crippen LogP contribution in [0.5, 0.6) is 0 Å². The summed E-state index contributed by atoms with van der Waals surface area (Å²) in [6, 6.07) is 0.342. The standard InChI is InChI=1S/C12H21NO2/c1-9(2)11(14)13-10-4-7-15-12(8-10)5-3-6-12/h9-10H,3-8H2,1-2H3,(H,13,14). The molecule has 1 N–H and O–H groups in total. The number of amides is 1. The molecule has 1 aliphatic heterocycles. The SMILES string of the molecule is CC(C)C(=O)NC1CCOC2(CCC2)C1. The summed E-state index contributed by atoms with van der Waals surface area (Å²) in [5, 5.41) is 3.12. The highest BCUT2D eigenvalue weighted by Gasteiger charge is 2.42. The molecule has 0 bridgehead atoms. The fourth-order valence-corrected chi connectivity index (χ4v) is 2.44. The third kappa shape index (κ3) is 2.33. The van der Waals surface area contributed by atoms with Crippen LogP contribution in [0, 0.1) is 5.92 Å². The van der Waals surface area contributed by atoms with Crippen molar-refractivity contribution in [3.63, 3.8) is 0 Å². The maximum Gasteiger partial charge on any atom is 0.222 e. The van der Waals surface area contributed by atoms with Crippen LogP contribution in [0.2, 0.25) is 0 Å². The fraction of sp³-hybridized carbons (Fsp3) is 0.917. The maximum absolute atomic E-state index is 11.6. The Kier molecular flexibility index (Phi) is 3.01. The first-order chi connectivity index (χ1) is 7.11. The summed E-state index contributed by atoms with van der Waals surface area (Å²) >= 11 is 0. The molecule has 3 nitrogen and oxygen atoms in total. The molecule has 1 aliphatic carbocycles. The number of carbonyl (C=O) groups excluding carboxylic acids is 1. The summed E-state index contributed by atoms with van der Waals surface area (Å²) in [5.41, 5.74) is 0.132. The van der Waals surface area contributed by atoms with Crippen LogP contribution in [-0.4, -0.2) is 24.2 Å². The Labute approximate surface area is 91.6 Å². The minimum Gasteiger partial charge on any atom is -0.375 e. The fourth-order valence-electron chi connectivity index (χ4n) is 2.44. The predicted molar refractivity (Wildman–Crippen MR) is 58.5 cm³/mol. The molecule has 0 aromatic heterocycles. The molecule has 2 aliphatic rings. The van der Waals surface area contributed by atoms with Crippen LogP contribution in [0.4, 0.5) is 0 Å². The lowest BCUT2D eigenvalue weighted by molar-refractivity contribution is -0.142. The van der Waals surface area contributed by atoms with Crippen molar-refractivity contribution in [3.05, 3.63) is 0 Å². The summed E-state index contributed by atoms with van der Waals surface area (Å²) < 4.78 is 5.82. The highest BCUT2D eigenvalue weighted by molar-refractivity contribution is 5.78. The van der Waals surface area contributed by atoms with Gasteiger partial charge in [-0.1, -0.05) is 13.8 Å². The van der Waals surface area contributed by atoms with Gasteiger partial charge in [0.1, 0.15) is 0 Å². The van der Waals surface area contributed by atoms with Gasteiger partial charge in [0.2, 0.25) is 5.91 Å². The molecule has 1 heterocycles. The topological polar surface area (TPSA) is 38.3 Å². The van der Waals surface area contributed by atoms with Gasteiger partial charge >= 0.3 is 0 Å². The van der Waals surface area contributed by atoms with Crippen molar-refractivity contribution in [2.24, 2.45) is 5.92 Å². The number of nitrogens with one attached hydrogen (secondary N) is 1. The summed E-state index contributed by atoms with van der Waals surface area (Å²) in [6.45, 7) is 4.69. The lowest BCUT2D eigenvalue weighted by Crippen LogP contribution is -2.52. The maximum atomic E-state index is 11.6. The van der Waals surface area contributed by atoms with Crippen molar-refractivity contribution in [2.75, 3.05) is 6.61 Å². The Bertz CT molecular complexity index is 246. The minimum atomic E-state index is 0.0881. The van der Waals surface area contributed by atoms with Gasteiger partial charge in [0.05, 0.1) is 5.60 Å². The molecule has 1 spiro atoms. The largest absolute Gasteiger partial charge is 0.375 e. The average Bonchev–Trinajstić information content (AvgIpc) is 2.15. The van der Waals surface area contributed by atoms with Crippen LogP contribution in [0.3, 0.4) is 0 Å². The van der Waals surface area contributed by atoms with Crippen LogP contribution in [0.15, 0.2) is 0 Å². The van der Waals surface area contributed by atoms with Crippen molar-refractivity contribution in [1.82, 2.24) is 5.32 Å². The molecule has 1 saturated carbocycles. The highest BCUT2D eigenvalue weighted by atomic mass is 16.5. The Morgan fingerprint density at radius 2 is 2.20 bits per heavy atom. The number of hydrogen-bond donors (Lipinski definition) is 1. The summed E-state index contributed by atoms with van der Waals surface area (Å²) in [6.07, 6.45) is 5.64. The molecule has 0 aromatic rings. The number of hydrogen-bond acceptors (Lipinski definition) is 2. The van der Waals surface area contributed by atoms with E-state index >= 15 is 0 Å². The first-order valence-corrected chi connectivity index (χ1v) is 6.06. The number of ether oxygens (including phenoxy) is 1. The molecule has 2 fully saturated rings. The molecule has 1 amide bonds. The van der Waals surface area contributed by atoms with Gasteiger partial charge in [-0.3, -0.25) is 4.79 Å². The van der Waals surface area contributed by atoms with Crippen LogP contribution in [0.1, 0.15) is 46.0 Å². The van der Waals surface area contributed by atoms with E-state index in [-0.39, 0.29) is 17.4 Å². The van der Waals surface area contributed by atoms with Gasteiger partial charge in [-0.25, -0.2) is 0 Å². The molecule has 0 radical (unpaired) electrons. The third-order valence-corrected chi connectivity index (χ3v) is 3.63. The predicted octanol–water partition coefficient (Wildman–Crippen LogP) is 1.86. The van der Waals surface area contributed by atoms with Gasteiger partial charge in [0.15, 0.2) is 0 Å². The zero-order chi connectivity index (χ0) is 10.9. The van der Waals surface area contributed by atoms with Gasteiger partial charge in [-0.15, -0.1) is 0 Å². The first-order valence-electron chi connectivity index (χ1n) is 6.06. The highest BCUT2D eigenvalue weighted by Crippen LogP contribution is 2.42. The van der Waals surface area contributed by atoms with Crippen LogP contribution in [-0.2, 0) is 9.53 Å². The molecule has 2 rings (SSSR count). The van der Waals surface area contributed by atoms with Crippen molar-refractivity contribution in [3.8, 4) is 0 Å². The van der Waals surface area contributed by atoms with E-state index in [0.29, 0.717) is 6.04 Å². The van der Waals surface area contributed by atoms with E-state index in [2.05, 4.69) is 5.32 Å². The molecule has 0 aromatic carbocycles. The molecule has 1 atom stereocenters. The molecule has 1 saturated heterocycles. The zero-order valence-corrected chi connectivity index (χ0v) is 9.71. The van der Waals surface area contributed by atoms with E-state index in [9.17, 15) is 4.79 Å². The van der Waals surface area contributed by atoms with Crippen molar-refractivity contribution >= 4 is 5.91 Å². The van der Waals surface area contributed by atoms with Gasteiger partial charge < -0.3 is 10.1 Å². The molecule has 86 valence electrons. The lowest BCUT2D eigenvalue weighted by atomic mass is 9.74. The van der Waals surface area contributed by atoms with E-state index in [4.69, 9.17) is 4.74 Å². The summed E-state index contributed by atoms with van der Waals surface area (Å²) in [4.78, 5) is 11.6. The first kappa shape index (κ1) is 10.9. The van der Waals surface area contributed by atoms with Crippen LogP contribution < -0.4 is 5.32 Å². The van der Waals surface area contributed by atoms with Crippen molar-refractivity contribution in [2.45, 2.75) is 57.6 Å². The Morgan fingerprint density at radius 3 is 2.73 bits per heavy atom. The van der Waals surface area contributed by atoms with Crippen molar-refractivity contribution < 1.29 is 9.53 Å². The summed E-state index contributed by atoms with van der Waals surface area (Å²) in [5.74, 6) is 0.265. The van der Waals surface area contributed by atoms with Gasteiger partial charge in [-0.2, -0.15) is 0 Å². The van der Waals surface area contributed by atoms with E-state index in [1.54, 1.807) is 0 Å². The molecule has 3 heteroatoms. The van der Waals surface area contributed by atoms with E-state index in [0.717, 1.165) is 19.4 Å². The van der Waals surface area contributed by atoms with Crippen molar-refractivity contribution in [1.29, 1.82) is 0 Å². The molecular weight excluding hydrogens is 190 g/mol. The average molecular weight is 211 g/mol. The normalized spacial score (nSPS) is 28.9. The Morgan fingerprint density at radius 1 is 1.47 bits per heavy atom. The van der Waals surface area contributed by atoms with Gasteiger partial charge in [0, 0.05) is 18.6 Å². The zero-order valence-electron chi connectivity index (χ0n) is 9.71. The second-order valence-electron chi connectivity index (χ2n) is 5.24. The second-order valence-corrected chi connectivity index (χ2v) is 5.24. The third-order valence-electron chi connectivity index (χ3n) is 3.63. The van der Waals surface area contributed by atoms with Crippen LogP contribution in [0.25, 0.3) is 0 Å². The second kappa shape index (κ2) is 4.12. The Balaban J connectivity index is 1.85. The number of rotatable bonds is 2. The van der Waals surface area contributed by atoms with Gasteiger partial charge in [0.25, 0.3) is 0 Å². The van der Waals surface area contributed by atoms with Crippen LogP contribution >= 0.6 is 0 Å². The van der Waals surface area contributed by atoms with E-state index in [1.807, 2.05) is 13.8 Å². The Hall–Kier alpha value is -0.570. The molecule has 15 heavy (non-hydrogen) atoms. The van der Waals surface area contributed by atoms with Gasteiger partial charge in [-0.05, 0) is 32.1 Å². The monoisotopic (exact) mass is 211 g/mol. The summed E-state index contributed by atoms with van der Waals surface area (Å²) in [7, 11) is 0. The number of carbonyl (C=O) groups is 1. The smallest absolute Gasteiger partial charge is 0.222 e. The quantitative estimate of drug-likeness (QED) is 0.757. The van der Waals surface area contributed by atoms with E-state index < -0.39 is 0 Å². The lowest BCUT2D eigenvalue weighted by Gasteiger charge is -2.47. The molecule has 1 unspecified atom stereocenters. The van der Waals surface area contributed by atoms with E-state index in [1.165, 1.54) is 19.3 Å². The minimum absolute atomic E-state index is 0.0881.